The van der Waals surface area contributed by atoms with Gasteiger partial charge in [-0.3, -0.25) is 4.79 Å². The molecule has 2 nitrogen and oxygen atoms in total. The Morgan fingerprint density at radius 1 is 1.53 bits per heavy atom. The molecule has 0 radical (unpaired) electrons. The van der Waals surface area contributed by atoms with Gasteiger partial charge in [0.15, 0.2) is 0 Å². The van der Waals surface area contributed by atoms with E-state index < -0.39 is 0 Å². The molecule has 0 aromatic carbocycles. The maximum Gasteiger partial charge on any atom is 0.253 e. The van der Waals surface area contributed by atoms with Crippen LogP contribution in [-0.4, -0.2) is 17.3 Å². The average molecular weight is 357 g/mol. The molecule has 0 aliphatic heterocycles. The summed E-state index contributed by atoms with van der Waals surface area (Å²) < 4.78 is 0.999. The van der Waals surface area contributed by atoms with Crippen LogP contribution in [-0.2, 0) is 0 Å². The van der Waals surface area contributed by atoms with E-state index in [4.69, 9.17) is 23.2 Å². The van der Waals surface area contributed by atoms with Crippen LogP contribution in [0, 0.1) is 5.92 Å². The topological polar surface area (TPSA) is 29.1 Å². The Balaban J connectivity index is 1.87. The normalized spacial score (nSPS) is 23.9. The Bertz CT molecular complexity index is 424. The highest BCUT2D eigenvalue weighted by molar-refractivity contribution is 9.09. The zero-order valence-electron chi connectivity index (χ0n) is 9.01. The minimum Gasteiger partial charge on any atom is -0.352 e. The summed E-state index contributed by atoms with van der Waals surface area (Å²) in [6.45, 7) is 0.713. The highest BCUT2D eigenvalue weighted by Gasteiger charge is 2.23. The number of hydrogen-bond acceptors (Lipinski definition) is 2. The largest absolute Gasteiger partial charge is 0.352 e. The number of thiophene rings is 1. The van der Waals surface area contributed by atoms with E-state index in [1.54, 1.807) is 6.07 Å². The zero-order valence-corrected chi connectivity index (χ0v) is 12.9. The average Bonchev–Trinajstić information content (AvgIpc) is 2.81. The summed E-state index contributed by atoms with van der Waals surface area (Å²) in [5.74, 6) is 0.437. The predicted molar refractivity (Wildman–Crippen MR) is 76.7 cm³/mol. The fraction of sp³-hybridized carbons (Fsp3) is 0.545. The number of carbonyl (C=O) groups is 1. The molecule has 1 aliphatic rings. The van der Waals surface area contributed by atoms with E-state index in [1.165, 1.54) is 17.8 Å². The molecule has 1 heterocycles. The van der Waals surface area contributed by atoms with Gasteiger partial charge in [-0.1, -0.05) is 39.1 Å². The van der Waals surface area contributed by atoms with Gasteiger partial charge in [0.25, 0.3) is 5.91 Å². The third-order valence-corrected chi connectivity index (χ3v) is 5.25. The molecule has 2 atom stereocenters. The number of halogens is 3. The van der Waals surface area contributed by atoms with Crippen LogP contribution >= 0.6 is 50.5 Å². The van der Waals surface area contributed by atoms with Gasteiger partial charge in [0.1, 0.15) is 4.34 Å². The Kier molecular flexibility index (Phi) is 4.75. The molecule has 1 N–H and O–H groups in total. The molecule has 1 aliphatic carbocycles. The second-order valence-electron chi connectivity index (χ2n) is 4.22. The van der Waals surface area contributed by atoms with Gasteiger partial charge in [-0.15, -0.1) is 11.3 Å². The van der Waals surface area contributed by atoms with Crippen molar-refractivity contribution in [2.45, 2.75) is 24.1 Å². The van der Waals surface area contributed by atoms with Gasteiger partial charge in [0.05, 0.1) is 9.90 Å². The molecular formula is C11H12BrCl2NOS. The standard InChI is InChI=1S/C11H12BrCl2NOS/c12-7-2-1-6(3-7)5-15-11(16)8-4-9(13)17-10(8)14/h4,6-7H,1-3,5H2,(H,15,16). The van der Waals surface area contributed by atoms with Gasteiger partial charge < -0.3 is 5.32 Å². The molecular weight excluding hydrogens is 345 g/mol. The molecule has 94 valence electrons. The number of amides is 1. The van der Waals surface area contributed by atoms with Gasteiger partial charge in [0.2, 0.25) is 0 Å². The van der Waals surface area contributed by atoms with Crippen LogP contribution < -0.4 is 5.32 Å². The van der Waals surface area contributed by atoms with Gasteiger partial charge >= 0.3 is 0 Å². The van der Waals surface area contributed by atoms with Crippen molar-refractivity contribution in [3.05, 3.63) is 20.3 Å². The van der Waals surface area contributed by atoms with Crippen LogP contribution in [0.1, 0.15) is 29.6 Å². The second-order valence-corrected chi connectivity index (χ2v) is 7.80. The summed E-state index contributed by atoms with van der Waals surface area (Å²) in [5.41, 5.74) is 0.482. The van der Waals surface area contributed by atoms with Gasteiger partial charge in [-0.2, -0.15) is 0 Å². The van der Waals surface area contributed by atoms with E-state index in [9.17, 15) is 4.79 Å². The quantitative estimate of drug-likeness (QED) is 0.801. The number of rotatable bonds is 3. The Hall–Kier alpha value is 0.230. The van der Waals surface area contributed by atoms with Crippen LogP contribution in [0.25, 0.3) is 0 Å². The van der Waals surface area contributed by atoms with Crippen molar-refractivity contribution in [1.82, 2.24) is 5.32 Å². The minimum absolute atomic E-state index is 0.129. The van der Waals surface area contributed by atoms with E-state index >= 15 is 0 Å². The number of alkyl halides is 1. The lowest BCUT2D eigenvalue weighted by Gasteiger charge is -2.10. The van der Waals surface area contributed by atoms with Gasteiger partial charge in [-0.25, -0.2) is 0 Å². The number of carbonyl (C=O) groups excluding carboxylic acids is 1. The van der Waals surface area contributed by atoms with Crippen LogP contribution in [0.5, 0.6) is 0 Å². The van der Waals surface area contributed by atoms with Crippen molar-refractivity contribution >= 4 is 56.4 Å². The molecule has 1 amide bonds. The maximum absolute atomic E-state index is 11.9. The summed E-state index contributed by atoms with van der Waals surface area (Å²) >= 11 is 16.5. The van der Waals surface area contributed by atoms with E-state index in [1.807, 2.05) is 0 Å². The lowest BCUT2D eigenvalue weighted by atomic mass is 10.1. The van der Waals surface area contributed by atoms with Crippen LogP contribution in [0.3, 0.4) is 0 Å². The summed E-state index contributed by atoms with van der Waals surface area (Å²) in [4.78, 5) is 12.5. The summed E-state index contributed by atoms with van der Waals surface area (Å²) in [6, 6.07) is 1.62. The summed E-state index contributed by atoms with van der Waals surface area (Å²) in [6.07, 6.45) is 3.47. The molecule has 1 aromatic rings. The van der Waals surface area contributed by atoms with Crippen molar-refractivity contribution < 1.29 is 4.79 Å². The molecule has 1 saturated carbocycles. The SMILES string of the molecule is O=C(NCC1CCC(Br)C1)c1cc(Cl)sc1Cl. The number of hydrogen-bond donors (Lipinski definition) is 1. The highest BCUT2D eigenvalue weighted by Crippen LogP contribution is 2.32. The van der Waals surface area contributed by atoms with E-state index in [2.05, 4.69) is 21.2 Å². The molecule has 2 rings (SSSR count). The van der Waals surface area contributed by atoms with Gasteiger partial charge in [0, 0.05) is 11.4 Å². The summed E-state index contributed by atoms with van der Waals surface area (Å²) in [5, 5.41) is 2.92. The molecule has 0 spiro atoms. The van der Waals surface area contributed by atoms with Crippen LogP contribution in [0.4, 0.5) is 0 Å². The Morgan fingerprint density at radius 2 is 2.29 bits per heavy atom. The monoisotopic (exact) mass is 355 g/mol. The smallest absolute Gasteiger partial charge is 0.253 e. The van der Waals surface area contributed by atoms with Crippen molar-refractivity contribution in [3.63, 3.8) is 0 Å². The molecule has 17 heavy (non-hydrogen) atoms. The number of nitrogens with one attached hydrogen (secondary N) is 1. The molecule has 0 bridgehead atoms. The van der Waals surface area contributed by atoms with Crippen molar-refractivity contribution in [2.24, 2.45) is 5.92 Å². The lowest BCUT2D eigenvalue weighted by molar-refractivity contribution is 0.0948. The third-order valence-electron chi connectivity index (χ3n) is 2.93. The Morgan fingerprint density at radius 3 is 2.82 bits per heavy atom. The molecule has 1 fully saturated rings. The van der Waals surface area contributed by atoms with E-state index in [0.29, 0.717) is 31.5 Å². The second kappa shape index (κ2) is 5.91. The first-order valence-corrected chi connectivity index (χ1v) is 7.92. The first-order valence-electron chi connectivity index (χ1n) is 5.43. The van der Waals surface area contributed by atoms with Crippen LogP contribution in [0.2, 0.25) is 8.67 Å². The van der Waals surface area contributed by atoms with Crippen molar-refractivity contribution in [2.75, 3.05) is 6.54 Å². The van der Waals surface area contributed by atoms with Crippen LogP contribution in [0.15, 0.2) is 6.07 Å². The summed E-state index contributed by atoms with van der Waals surface area (Å²) in [7, 11) is 0. The molecule has 1 aromatic heterocycles. The minimum atomic E-state index is -0.129. The lowest BCUT2D eigenvalue weighted by Crippen LogP contribution is -2.28. The van der Waals surface area contributed by atoms with Crippen molar-refractivity contribution in [3.8, 4) is 0 Å². The molecule has 6 heteroatoms. The fourth-order valence-corrected chi connectivity index (χ4v) is 4.28. The zero-order chi connectivity index (χ0) is 12.4. The fourth-order valence-electron chi connectivity index (χ4n) is 2.03. The van der Waals surface area contributed by atoms with E-state index in [0.717, 1.165) is 12.8 Å². The van der Waals surface area contributed by atoms with Crippen molar-refractivity contribution in [1.29, 1.82) is 0 Å². The van der Waals surface area contributed by atoms with E-state index in [-0.39, 0.29) is 5.91 Å². The Labute approximate surface area is 123 Å². The molecule has 0 saturated heterocycles. The highest BCUT2D eigenvalue weighted by atomic mass is 79.9. The van der Waals surface area contributed by atoms with Gasteiger partial charge in [-0.05, 0) is 31.2 Å². The maximum atomic E-state index is 11.9. The first-order chi connectivity index (χ1) is 8.06. The predicted octanol–water partition coefficient (Wildman–Crippen LogP) is 4.35. The third kappa shape index (κ3) is 3.60. The molecule has 2 unspecified atom stereocenters. The first kappa shape index (κ1) is 13.7.